The summed E-state index contributed by atoms with van der Waals surface area (Å²) >= 11 is 0. The van der Waals surface area contributed by atoms with Gasteiger partial charge in [0.15, 0.2) is 28.9 Å². The summed E-state index contributed by atoms with van der Waals surface area (Å²) in [5.41, 5.74) is 1.89. The van der Waals surface area contributed by atoms with Crippen LogP contribution < -0.4 is 20.1 Å². The fourth-order valence-electron chi connectivity index (χ4n) is 3.18. The predicted molar refractivity (Wildman–Crippen MR) is 124 cm³/mol. The Balaban J connectivity index is 1.38. The van der Waals surface area contributed by atoms with Gasteiger partial charge in [-0.3, -0.25) is 4.40 Å². The summed E-state index contributed by atoms with van der Waals surface area (Å²) in [7, 11) is 1.63. The van der Waals surface area contributed by atoms with Gasteiger partial charge in [-0.25, -0.2) is 4.99 Å². The van der Waals surface area contributed by atoms with Crippen molar-refractivity contribution < 1.29 is 9.47 Å². The Bertz CT molecular complexity index is 1190. The van der Waals surface area contributed by atoms with E-state index in [2.05, 4.69) is 25.8 Å². The largest absolute Gasteiger partial charge is 0.493 e. The molecule has 0 spiro atoms. The van der Waals surface area contributed by atoms with Crippen LogP contribution in [0.5, 0.6) is 17.2 Å². The molecule has 0 saturated heterocycles. The highest BCUT2D eigenvalue weighted by atomic mass is 16.5. The SMILES string of the molecule is CCNC(=NCc1ccc(Oc2ccccc2OC)cc1)NCc1nnc2ccccn12. The minimum atomic E-state index is 0.517. The monoisotopic (exact) mass is 430 g/mol. The van der Waals surface area contributed by atoms with Crippen molar-refractivity contribution in [3.05, 3.63) is 84.3 Å². The zero-order valence-corrected chi connectivity index (χ0v) is 18.2. The Hall–Kier alpha value is -4.07. The van der Waals surface area contributed by atoms with Gasteiger partial charge in [-0.05, 0) is 48.9 Å². The number of pyridine rings is 1. The first-order valence-corrected chi connectivity index (χ1v) is 10.5. The van der Waals surface area contributed by atoms with Crippen molar-refractivity contribution in [3.63, 3.8) is 0 Å². The topological polar surface area (TPSA) is 85.1 Å². The van der Waals surface area contributed by atoms with E-state index in [1.54, 1.807) is 7.11 Å². The molecule has 2 aromatic carbocycles. The lowest BCUT2D eigenvalue weighted by Gasteiger charge is -2.11. The van der Waals surface area contributed by atoms with E-state index >= 15 is 0 Å². The first kappa shape index (κ1) is 21.2. The molecule has 8 heteroatoms. The molecule has 2 heterocycles. The number of nitrogens with zero attached hydrogens (tertiary/aromatic N) is 4. The van der Waals surface area contributed by atoms with Crippen LogP contribution >= 0.6 is 0 Å². The van der Waals surface area contributed by atoms with Crippen LogP contribution in [0.25, 0.3) is 5.65 Å². The highest BCUT2D eigenvalue weighted by molar-refractivity contribution is 5.79. The van der Waals surface area contributed by atoms with Crippen LogP contribution in [0.2, 0.25) is 0 Å². The molecule has 2 aromatic heterocycles. The molecule has 32 heavy (non-hydrogen) atoms. The van der Waals surface area contributed by atoms with Crippen molar-refractivity contribution in [2.45, 2.75) is 20.0 Å². The van der Waals surface area contributed by atoms with E-state index < -0.39 is 0 Å². The van der Waals surface area contributed by atoms with Gasteiger partial charge in [0, 0.05) is 12.7 Å². The smallest absolute Gasteiger partial charge is 0.191 e. The van der Waals surface area contributed by atoms with Crippen LogP contribution in [0.15, 0.2) is 77.9 Å². The Kier molecular flexibility index (Phi) is 6.81. The maximum Gasteiger partial charge on any atom is 0.191 e. The zero-order chi connectivity index (χ0) is 22.2. The minimum absolute atomic E-state index is 0.517. The second kappa shape index (κ2) is 10.3. The lowest BCUT2D eigenvalue weighted by molar-refractivity contribution is 0.379. The third-order valence-electron chi connectivity index (χ3n) is 4.78. The Morgan fingerprint density at radius 1 is 0.938 bits per heavy atom. The van der Waals surface area contributed by atoms with Crippen LogP contribution in [0.4, 0.5) is 0 Å². The van der Waals surface area contributed by atoms with Gasteiger partial charge in [-0.2, -0.15) is 0 Å². The quantitative estimate of drug-likeness (QED) is 0.327. The lowest BCUT2D eigenvalue weighted by atomic mass is 10.2. The van der Waals surface area contributed by atoms with Crippen LogP contribution in [0, 0.1) is 0 Å². The summed E-state index contributed by atoms with van der Waals surface area (Å²) in [5, 5.41) is 15.0. The summed E-state index contributed by atoms with van der Waals surface area (Å²) in [6.07, 6.45) is 1.95. The van der Waals surface area contributed by atoms with Crippen molar-refractivity contribution >= 4 is 11.6 Å². The Morgan fingerprint density at radius 3 is 2.50 bits per heavy atom. The number of hydrogen-bond acceptors (Lipinski definition) is 5. The number of guanidine groups is 1. The highest BCUT2D eigenvalue weighted by Gasteiger charge is 2.07. The van der Waals surface area contributed by atoms with Crippen LogP contribution in [0.1, 0.15) is 18.3 Å². The fraction of sp³-hybridized carbons (Fsp3) is 0.208. The van der Waals surface area contributed by atoms with Gasteiger partial charge in [0.25, 0.3) is 0 Å². The summed E-state index contributed by atoms with van der Waals surface area (Å²) < 4.78 is 13.2. The minimum Gasteiger partial charge on any atom is -0.493 e. The number of fused-ring (bicyclic) bond motifs is 1. The molecule has 0 radical (unpaired) electrons. The first-order chi connectivity index (χ1) is 15.8. The molecule has 0 aliphatic heterocycles. The van der Waals surface area contributed by atoms with E-state index in [0.29, 0.717) is 24.6 Å². The van der Waals surface area contributed by atoms with E-state index in [1.807, 2.05) is 84.3 Å². The van der Waals surface area contributed by atoms with Gasteiger partial charge in [0.05, 0.1) is 20.2 Å². The lowest BCUT2D eigenvalue weighted by Crippen LogP contribution is -2.37. The van der Waals surface area contributed by atoms with E-state index in [1.165, 1.54) is 0 Å². The summed E-state index contributed by atoms with van der Waals surface area (Å²) in [6.45, 7) is 3.85. The highest BCUT2D eigenvalue weighted by Crippen LogP contribution is 2.30. The molecule has 164 valence electrons. The molecule has 0 aliphatic rings. The van der Waals surface area contributed by atoms with Crippen molar-refractivity contribution in [2.24, 2.45) is 4.99 Å². The summed E-state index contributed by atoms with van der Waals surface area (Å²) in [6, 6.07) is 21.3. The standard InChI is InChI=1S/C24H26N6O2/c1-3-25-24(27-17-23-29-28-22-10-6-7-15-30(22)23)26-16-18-11-13-19(14-12-18)32-21-9-5-4-8-20(21)31-2/h4-15H,3,16-17H2,1-2H3,(H2,25,26,27). The van der Waals surface area contributed by atoms with Crippen LogP contribution in [0.3, 0.4) is 0 Å². The van der Waals surface area contributed by atoms with Crippen molar-refractivity contribution in [2.75, 3.05) is 13.7 Å². The molecule has 0 aliphatic carbocycles. The van der Waals surface area contributed by atoms with Gasteiger partial charge in [-0.1, -0.05) is 30.3 Å². The molecule has 2 N–H and O–H groups in total. The third-order valence-corrected chi connectivity index (χ3v) is 4.78. The number of aliphatic imine (C=N–C) groups is 1. The normalized spacial score (nSPS) is 11.4. The Morgan fingerprint density at radius 2 is 1.72 bits per heavy atom. The number of nitrogens with one attached hydrogen (secondary N) is 2. The number of hydrogen-bond donors (Lipinski definition) is 2. The second-order valence-corrected chi connectivity index (χ2v) is 6.99. The van der Waals surface area contributed by atoms with E-state index in [4.69, 9.17) is 9.47 Å². The predicted octanol–water partition coefficient (Wildman–Crippen LogP) is 3.79. The molecule has 0 bridgehead atoms. The van der Waals surface area contributed by atoms with Gasteiger partial charge >= 0.3 is 0 Å². The number of methoxy groups -OCH3 is 1. The fourth-order valence-corrected chi connectivity index (χ4v) is 3.18. The molecule has 0 amide bonds. The van der Waals surface area contributed by atoms with E-state index in [-0.39, 0.29) is 0 Å². The molecular weight excluding hydrogens is 404 g/mol. The molecular formula is C24H26N6O2. The van der Waals surface area contributed by atoms with Gasteiger partial charge in [0.1, 0.15) is 5.75 Å². The summed E-state index contributed by atoms with van der Waals surface area (Å²) in [4.78, 5) is 4.68. The number of rotatable bonds is 8. The van der Waals surface area contributed by atoms with E-state index in [0.717, 1.165) is 35.3 Å². The molecule has 4 aromatic rings. The van der Waals surface area contributed by atoms with Gasteiger partial charge in [-0.15, -0.1) is 10.2 Å². The van der Waals surface area contributed by atoms with Crippen molar-refractivity contribution in [1.29, 1.82) is 0 Å². The second-order valence-electron chi connectivity index (χ2n) is 6.99. The van der Waals surface area contributed by atoms with Gasteiger partial charge < -0.3 is 20.1 Å². The molecule has 0 fully saturated rings. The average Bonchev–Trinajstić information content (AvgIpc) is 3.25. The van der Waals surface area contributed by atoms with E-state index in [9.17, 15) is 0 Å². The number of para-hydroxylation sites is 2. The summed E-state index contributed by atoms with van der Waals surface area (Å²) in [5.74, 6) is 3.66. The van der Waals surface area contributed by atoms with Crippen molar-refractivity contribution in [1.82, 2.24) is 25.2 Å². The molecule has 0 unspecified atom stereocenters. The molecule has 4 rings (SSSR count). The maximum absolute atomic E-state index is 5.93. The maximum atomic E-state index is 5.93. The Labute approximate surface area is 186 Å². The van der Waals surface area contributed by atoms with Gasteiger partial charge in [0.2, 0.25) is 0 Å². The number of ether oxygens (including phenoxy) is 2. The van der Waals surface area contributed by atoms with Crippen molar-refractivity contribution in [3.8, 4) is 17.2 Å². The average molecular weight is 431 g/mol. The van der Waals surface area contributed by atoms with Crippen LogP contribution in [-0.2, 0) is 13.1 Å². The number of aromatic nitrogens is 3. The number of benzene rings is 2. The first-order valence-electron chi connectivity index (χ1n) is 10.5. The zero-order valence-electron chi connectivity index (χ0n) is 18.2. The molecule has 0 saturated carbocycles. The molecule has 8 nitrogen and oxygen atoms in total. The van der Waals surface area contributed by atoms with Crippen LogP contribution in [-0.4, -0.2) is 34.2 Å². The molecule has 0 atom stereocenters. The third kappa shape index (κ3) is 5.15.